The Bertz CT molecular complexity index is 342. The zero-order valence-corrected chi connectivity index (χ0v) is 7.84. The molecule has 0 fully saturated rings. The fraction of sp³-hybridized carbons (Fsp3) is 0.444. The van der Waals surface area contributed by atoms with Crippen LogP contribution in [0.25, 0.3) is 0 Å². The minimum Gasteiger partial charge on any atom is -0.480 e. The van der Waals surface area contributed by atoms with Crippen LogP contribution in [-0.4, -0.2) is 32.0 Å². The summed E-state index contributed by atoms with van der Waals surface area (Å²) in [5.41, 5.74) is 1.97. The maximum atomic E-state index is 10.8. The van der Waals surface area contributed by atoms with Crippen molar-refractivity contribution in [2.75, 3.05) is 0 Å². The molecule has 1 aromatic rings. The van der Waals surface area contributed by atoms with Crippen LogP contribution >= 0.6 is 0 Å². The Morgan fingerprint density at radius 1 is 1.64 bits per heavy atom. The minimum absolute atomic E-state index is 0.468. The number of fused-ring (bicyclic) bond motifs is 1. The van der Waals surface area contributed by atoms with E-state index in [9.17, 15) is 4.79 Å². The number of aliphatic carboxylic acids is 1. The predicted molar refractivity (Wildman–Crippen MR) is 48.4 cm³/mol. The van der Waals surface area contributed by atoms with Gasteiger partial charge in [0.05, 0.1) is 5.69 Å². The van der Waals surface area contributed by atoms with E-state index >= 15 is 0 Å². The summed E-state index contributed by atoms with van der Waals surface area (Å²) >= 11 is 0. The van der Waals surface area contributed by atoms with Crippen LogP contribution in [0.5, 0.6) is 0 Å². The van der Waals surface area contributed by atoms with Crippen molar-refractivity contribution in [3.05, 3.63) is 23.8 Å². The molecule has 1 N–H and O–H groups in total. The van der Waals surface area contributed by atoms with Gasteiger partial charge in [0.15, 0.2) is 0 Å². The van der Waals surface area contributed by atoms with Gasteiger partial charge in [0.2, 0.25) is 0 Å². The van der Waals surface area contributed by atoms with Gasteiger partial charge in [0.1, 0.15) is 12.4 Å². The van der Waals surface area contributed by atoms with Crippen LogP contribution in [0.3, 0.4) is 0 Å². The normalized spacial score (nSPS) is 17.8. The quantitative estimate of drug-likeness (QED) is 0.730. The fourth-order valence-electron chi connectivity index (χ4n) is 1.56. The zero-order valence-electron chi connectivity index (χ0n) is 7.84. The van der Waals surface area contributed by atoms with Crippen LogP contribution in [0.1, 0.15) is 18.2 Å². The summed E-state index contributed by atoms with van der Waals surface area (Å²) in [6, 6.07) is -0.468. The third-order valence-corrected chi connectivity index (χ3v) is 2.51. The summed E-state index contributed by atoms with van der Waals surface area (Å²) in [4.78, 5) is 20.6. The van der Waals surface area contributed by atoms with E-state index in [4.69, 9.17) is 5.11 Å². The Morgan fingerprint density at radius 2 is 2.43 bits per heavy atom. The standard InChI is InChI=1S/C9H11N3O2/c1-6(9(13)14)12-3-7-2-10-5-11-8(7)4-12/h2,5-6H,3-4H2,1H3,(H,13,14)/t6-/m0/s1. The van der Waals surface area contributed by atoms with Crippen LogP contribution in [0.2, 0.25) is 0 Å². The van der Waals surface area contributed by atoms with E-state index in [2.05, 4.69) is 9.97 Å². The van der Waals surface area contributed by atoms with Crippen molar-refractivity contribution in [1.82, 2.24) is 14.9 Å². The molecular weight excluding hydrogens is 182 g/mol. The van der Waals surface area contributed by atoms with Crippen LogP contribution in [0.4, 0.5) is 0 Å². The van der Waals surface area contributed by atoms with Gasteiger partial charge in [-0.15, -0.1) is 0 Å². The molecule has 0 aliphatic carbocycles. The molecule has 74 valence electrons. The van der Waals surface area contributed by atoms with Gasteiger partial charge in [-0.05, 0) is 6.92 Å². The lowest BCUT2D eigenvalue weighted by molar-refractivity contribution is -0.142. The van der Waals surface area contributed by atoms with Gasteiger partial charge in [-0.1, -0.05) is 0 Å². The largest absolute Gasteiger partial charge is 0.480 e. The topological polar surface area (TPSA) is 66.3 Å². The van der Waals surface area contributed by atoms with E-state index in [1.165, 1.54) is 6.33 Å². The van der Waals surface area contributed by atoms with Crippen LogP contribution < -0.4 is 0 Å². The monoisotopic (exact) mass is 193 g/mol. The fourth-order valence-corrected chi connectivity index (χ4v) is 1.56. The number of carbonyl (C=O) groups is 1. The van der Waals surface area contributed by atoms with E-state index in [1.54, 1.807) is 13.1 Å². The first-order chi connectivity index (χ1) is 6.68. The molecule has 14 heavy (non-hydrogen) atoms. The lowest BCUT2D eigenvalue weighted by atomic mass is 10.3. The Kier molecular flexibility index (Phi) is 2.17. The molecular formula is C9H11N3O2. The molecule has 1 aliphatic heterocycles. The maximum absolute atomic E-state index is 10.8. The van der Waals surface area contributed by atoms with Crippen molar-refractivity contribution in [3.63, 3.8) is 0 Å². The highest BCUT2D eigenvalue weighted by Gasteiger charge is 2.27. The van der Waals surface area contributed by atoms with Crippen molar-refractivity contribution in [2.24, 2.45) is 0 Å². The molecule has 1 aromatic heterocycles. The predicted octanol–water partition coefficient (Wildman–Crippen LogP) is 0.265. The third-order valence-electron chi connectivity index (χ3n) is 2.51. The van der Waals surface area contributed by atoms with Gasteiger partial charge in [0.25, 0.3) is 0 Å². The Hall–Kier alpha value is -1.49. The molecule has 2 rings (SSSR count). The lowest BCUT2D eigenvalue weighted by Crippen LogP contribution is -2.34. The molecule has 0 aromatic carbocycles. The summed E-state index contributed by atoms with van der Waals surface area (Å²) in [6.45, 7) is 2.91. The molecule has 5 heteroatoms. The summed E-state index contributed by atoms with van der Waals surface area (Å²) in [6.07, 6.45) is 3.24. The van der Waals surface area contributed by atoms with E-state index in [-0.39, 0.29) is 0 Å². The van der Waals surface area contributed by atoms with Crippen molar-refractivity contribution in [2.45, 2.75) is 26.1 Å². The zero-order chi connectivity index (χ0) is 10.1. The van der Waals surface area contributed by atoms with E-state index < -0.39 is 12.0 Å². The molecule has 2 heterocycles. The van der Waals surface area contributed by atoms with E-state index in [0.29, 0.717) is 13.1 Å². The van der Waals surface area contributed by atoms with Crippen molar-refractivity contribution in [1.29, 1.82) is 0 Å². The molecule has 0 amide bonds. The summed E-state index contributed by atoms with van der Waals surface area (Å²) in [5.74, 6) is -0.800. The van der Waals surface area contributed by atoms with Crippen molar-refractivity contribution >= 4 is 5.97 Å². The Labute approximate surface area is 81.4 Å². The van der Waals surface area contributed by atoms with Crippen LogP contribution in [0, 0.1) is 0 Å². The molecule has 0 bridgehead atoms. The number of aromatic nitrogens is 2. The average Bonchev–Trinajstić information content (AvgIpc) is 2.59. The smallest absolute Gasteiger partial charge is 0.320 e. The second-order valence-corrected chi connectivity index (χ2v) is 3.41. The average molecular weight is 193 g/mol. The Morgan fingerprint density at radius 3 is 3.07 bits per heavy atom. The second kappa shape index (κ2) is 3.34. The molecule has 0 saturated heterocycles. The number of carboxylic acid groups (broad SMARTS) is 1. The molecule has 1 aliphatic rings. The maximum Gasteiger partial charge on any atom is 0.320 e. The van der Waals surface area contributed by atoms with Crippen LogP contribution in [0.15, 0.2) is 12.5 Å². The van der Waals surface area contributed by atoms with Gasteiger partial charge in [-0.2, -0.15) is 0 Å². The third kappa shape index (κ3) is 1.46. The molecule has 0 unspecified atom stereocenters. The number of hydrogen-bond acceptors (Lipinski definition) is 4. The number of nitrogens with zero attached hydrogens (tertiary/aromatic N) is 3. The first-order valence-electron chi connectivity index (χ1n) is 4.43. The van der Waals surface area contributed by atoms with Crippen LogP contribution in [-0.2, 0) is 17.9 Å². The summed E-state index contributed by atoms with van der Waals surface area (Å²) < 4.78 is 0. The first-order valence-corrected chi connectivity index (χ1v) is 4.43. The number of carboxylic acids is 1. The summed E-state index contributed by atoms with van der Waals surface area (Å²) in [7, 11) is 0. The minimum atomic E-state index is -0.800. The van der Waals surface area contributed by atoms with E-state index in [0.717, 1.165) is 11.3 Å². The molecule has 0 saturated carbocycles. The van der Waals surface area contributed by atoms with Gasteiger partial charge in [0, 0.05) is 24.8 Å². The van der Waals surface area contributed by atoms with Gasteiger partial charge < -0.3 is 5.11 Å². The van der Waals surface area contributed by atoms with Gasteiger partial charge in [-0.3, -0.25) is 9.69 Å². The van der Waals surface area contributed by atoms with Gasteiger partial charge in [-0.25, -0.2) is 9.97 Å². The Balaban J connectivity index is 2.15. The second-order valence-electron chi connectivity index (χ2n) is 3.41. The van der Waals surface area contributed by atoms with Crippen molar-refractivity contribution in [3.8, 4) is 0 Å². The molecule has 5 nitrogen and oxygen atoms in total. The first kappa shape index (κ1) is 9.08. The lowest BCUT2D eigenvalue weighted by Gasteiger charge is -2.18. The number of rotatable bonds is 2. The molecule has 0 spiro atoms. The SMILES string of the molecule is C[C@@H](C(=O)O)N1Cc2cncnc2C1. The molecule has 1 atom stereocenters. The van der Waals surface area contributed by atoms with Crippen molar-refractivity contribution < 1.29 is 9.90 Å². The van der Waals surface area contributed by atoms with E-state index in [1.807, 2.05) is 4.90 Å². The number of hydrogen-bond donors (Lipinski definition) is 1. The highest BCUT2D eigenvalue weighted by atomic mass is 16.4. The summed E-state index contributed by atoms with van der Waals surface area (Å²) in [5, 5.41) is 8.84. The molecule has 0 radical (unpaired) electrons. The highest BCUT2D eigenvalue weighted by molar-refractivity contribution is 5.73. The highest BCUT2D eigenvalue weighted by Crippen LogP contribution is 2.21. The van der Waals surface area contributed by atoms with Gasteiger partial charge >= 0.3 is 5.97 Å².